The van der Waals surface area contributed by atoms with Crippen molar-refractivity contribution in [2.75, 3.05) is 0 Å². The van der Waals surface area contributed by atoms with Crippen molar-refractivity contribution in [3.63, 3.8) is 0 Å². The Labute approximate surface area is 297 Å². The second-order valence-corrected chi connectivity index (χ2v) is 13.6. The summed E-state index contributed by atoms with van der Waals surface area (Å²) >= 11 is 0. The van der Waals surface area contributed by atoms with Crippen molar-refractivity contribution < 1.29 is 0 Å². The Balaban J connectivity index is 1.17. The zero-order valence-corrected chi connectivity index (χ0v) is 28.3. The molecule has 0 saturated heterocycles. The van der Waals surface area contributed by atoms with Crippen LogP contribution in [0.1, 0.15) is 30.5 Å². The van der Waals surface area contributed by atoms with E-state index in [2.05, 4.69) is 105 Å². The molecule has 0 unspecified atom stereocenters. The lowest BCUT2D eigenvalue weighted by Crippen LogP contribution is -2.15. The van der Waals surface area contributed by atoms with E-state index < -0.39 is 0 Å². The Hall–Kier alpha value is -6.70. The molecule has 0 N–H and O–H groups in total. The maximum absolute atomic E-state index is 9.97. The van der Waals surface area contributed by atoms with Crippen LogP contribution in [0.5, 0.6) is 0 Å². The monoisotopic (exact) mass is 652 g/mol. The maximum Gasteiger partial charge on any atom is 0.164 e. The summed E-state index contributed by atoms with van der Waals surface area (Å²) in [7, 11) is 0. The van der Waals surface area contributed by atoms with Gasteiger partial charge in [-0.25, -0.2) is 15.0 Å². The molecule has 0 saturated carbocycles. The van der Waals surface area contributed by atoms with Gasteiger partial charge < -0.3 is 0 Å². The smallest absolute Gasteiger partial charge is 0.164 e. The molecule has 0 spiro atoms. The second kappa shape index (κ2) is 12.0. The summed E-state index contributed by atoms with van der Waals surface area (Å²) in [4.78, 5) is 14.7. The van der Waals surface area contributed by atoms with Crippen LogP contribution in [0.15, 0.2) is 158 Å². The summed E-state index contributed by atoms with van der Waals surface area (Å²) < 4.78 is 0. The molecule has 1 aromatic heterocycles. The molecular weight excluding hydrogens is 621 g/mol. The molecule has 0 aliphatic heterocycles. The third-order valence-electron chi connectivity index (χ3n) is 10.2. The molecule has 0 amide bonds. The van der Waals surface area contributed by atoms with Gasteiger partial charge in [-0.1, -0.05) is 159 Å². The zero-order valence-electron chi connectivity index (χ0n) is 28.3. The van der Waals surface area contributed by atoms with Gasteiger partial charge in [0.1, 0.15) is 0 Å². The van der Waals surface area contributed by atoms with E-state index in [-0.39, 0.29) is 5.41 Å². The van der Waals surface area contributed by atoms with Crippen molar-refractivity contribution in [3.8, 4) is 73.6 Å². The average molecular weight is 653 g/mol. The first kappa shape index (κ1) is 30.4. The van der Waals surface area contributed by atoms with Crippen LogP contribution < -0.4 is 0 Å². The Kier molecular flexibility index (Phi) is 7.15. The fourth-order valence-corrected chi connectivity index (χ4v) is 7.60. The van der Waals surface area contributed by atoms with E-state index >= 15 is 0 Å². The van der Waals surface area contributed by atoms with Crippen molar-refractivity contribution in [3.05, 3.63) is 174 Å². The largest absolute Gasteiger partial charge is 0.208 e. The minimum atomic E-state index is -0.234. The number of benzene rings is 7. The van der Waals surface area contributed by atoms with Crippen LogP contribution in [0, 0.1) is 11.3 Å². The molecule has 1 aliphatic carbocycles. The predicted molar refractivity (Wildman–Crippen MR) is 207 cm³/mol. The van der Waals surface area contributed by atoms with Crippen LogP contribution in [-0.2, 0) is 5.41 Å². The van der Waals surface area contributed by atoms with Crippen LogP contribution >= 0.6 is 0 Å². The van der Waals surface area contributed by atoms with Crippen molar-refractivity contribution in [2.45, 2.75) is 19.3 Å². The van der Waals surface area contributed by atoms with E-state index in [0.717, 1.165) is 50.1 Å². The first-order valence-electron chi connectivity index (χ1n) is 17.2. The summed E-state index contributed by atoms with van der Waals surface area (Å²) in [6, 6.07) is 57.0. The molecule has 9 rings (SSSR count). The molecule has 0 atom stereocenters. The van der Waals surface area contributed by atoms with Gasteiger partial charge in [0.25, 0.3) is 0 Å². The summed E-state index contributed by atoms with van der Waals surface area (Å²) in [5, 5.41) is 12.4. The lowest BCUT2D eigenvalue weighted by molar-refractivity contribution is 0.660. The first-order chi connectivity index (χ1) is 25.0. The molecule has 51 heavy (non-hydrogen) atoms. The highest BCUT2D eigenvalue weighted by Crippen LogP contribution is 2.51. The van der Waals surface area contributed by atoms with Crippen molar-refractivity contribution in [2.24, 2.45) is 0 Å². The number of fused-ring (bicyclic) bond motifs is 4. The average Bonchev–Trinajstić information content (AvgIpc) is 3.43. The summed E-state index contributed by atoms with van der Waals surface area (Å²) in [5.41, 5.74) is 12.5. The highest BCUT2D eigenvalue weighted by Gasteiger charge is 2.37. The van der Waals surface area contributed by atoms with Gasteiger partial charge in [-0.15, -0.1) is 0 Å². The van der Waals surface area contributed by atoms with Gasteiger partial charge in [-0.3, -0.25) is 0 Å². The van der Waals surface area contributed by atoms with E-state index in [4.69, 9.17) is 15.0 Å². The fourth-order valence-electron chi connectivity index (χ4n) is 7.60. The Morgan fingerprint density at radius 2 is 1.00 bits per heavy atom. The number of nitrogens with zero attached hydrogens (tertiary/aromatic N) is 4. The molecule has 1 aliphatic rings. The number of nitriles is 1. The second-order valence-electron chi connectivity index (χ2n) is 13.6. The van der Waals surface area contributed by atoms with E-state index in [1.165, 1.54) is 27.5 Å². The van der Waals surface area contributed by atoms with Gasteiger partial charge in [-0.05, 0) is 61.8 Å². The summed E-state index contributed by atoms with van der Waals surface area (Å²) in [5.74, 6) is 1.91. The standard InChI is InChI=1S/C47H32N4/c1-47(2)40-19-11-17-36(29-48)43(40)39-27-25-35(28-41(39)47)42-37-18-10-9-12-30(37)24-26-38(42)31-20-22-34(23-21-31)46-50-44(32-13-5-3-6-14-32)49-45(51-46)33-15-7-4-8-16-33/h3-28H,1-2H3. The minimum Gasteiger partial charge on any atom is -0.208 e. The van der Waals surface area contributed by atoms with Gasteiger partial charge in [0.15, 0.2) is 17.5 Å². The first-order valence-corrected chi connectivity index (χ1v) is 17.2. The van der Waals surface area contributed by atoms with Crippen molar-refractivity contribution >= 4 is 10.8 Å². The fraction of sp³-hybridized carbons (Fsp3) is 0.0638. The molecule has 0 bridgehead atoms. The molecule has 4 nitrogen and oxygen atoms in total. The Morgan fingerprint density at radius 3 is 1.65 bits per heavy atom. The predicted octanol–water partition coefficient (Wildman–Crippen LogP) is 11.5. The van der Waals surface area contributed by atoms with Crippen LogP contribution in [0.3, 0.4) is 0 Å². The van der Waals surface area contributed by atoms with Gasteiger partial charge in [0, 0.05) is 27.7 Å². The lowest BCUT2D eigenvalue weighted by atomic mass is 9.80. The third-order valence-corrected chi connectivity index (χ3v) is 10.2. The molecule has 4 heteroatoms. The third kappa shape index (κ3) is 5.10. The molecule has 0 fully saturated rings. The molecule has 8 aromatic rings. The molecule has 240 valence electrons. The van der Waals surface area contributed by atoms with Crippen LogP contribution in [0.25, 0.3) is 78.3 Å². The number of rotatable bonds is 5. The molecular formula is C47H32N4. The minimum absolute atomic E-state index is 0.234. The Morgan fingerprint density at radius 1 is 0.451 bits per heavy atom. The highest BCUT2D eigenvalue weighted by molar-refractivity contribution is 6.05. The van der Waals surface area contributed by atoms with E-state index in [1.807, 2.05) is 72.8 Å². The summed E-state index contributed by atoms with van der Waals surface area (Å²) in [6.45, 7) is 4.53. The van der Waals surface area contributed by atoms with Gasteiger partial charge in [-0.2, -0.15) is 5.26 Å². The van der Waals surface area contributed by atoms with Crippen LogP contribution in [-0.4, -0.2) is 15.0 Å². The maximum atomic E-state index is 9.97. The van der Waals surface area contributed by atoms with Crippen molar-refractivity contribution in [1.82, 2.24) is 15.0 Å². The number of hydrogen-bond donors (Lipinski definition) is 0. The zero-order chi connectivity index (χ0) is 34.5. The van der Waals surface area contributed by atoms with Gasteiger partial charge in [0.05, 0.1) is 11.6 Å². The SMILES string of the molecule is CC1(C)c2cc(-c3c(-c4ccc(-c5nc(-c6ccccc6)nc(-c6ccccc6)n5)cc4)ccc4ccccc34)ccc2-c2c(C#N)cccc21. The summed E-state index contributed by atoms with van der Waals surface area (Å²) in [6.07, 6.45) is 0. The van der Waals surface area contributed by atoms with Crippen molar-refractivity contribution in [1.29, 1.82) is 5.26 Å². The topological polar surface area (TPSA) is 62.5 Å². The van der Waals surface area contributed by atoms with E-state index in [9.17, 15) is 5.26 Å². The van der Waals surface area contributed by atoms with E-state index in [1.54, 1.807) is 0 Å². The normalized spacial score (nSPS) is 12.6. The quantitative estimate of drug-likeness (QED) is 0.186. The molecule has 0 radical (unpaired) electrons. The lowest BCUT2D eigenvalue weighted by Gasteiger charge is -2.23. The molecule has 7 aromatic carbocycles. The number of hydrogen-bond acceptors (Lipinski definition) is 4. The highest BCUT2D eigenvalue weighted by atomic mass is 15.0. The number of aromatic nitrogens is 3. The van der Waals surface area contributed by atoms with Gasteiger partial charge >= 0.3 is 0 Å². The molecule has 1 heterocycles. The Bertz CT molecular complexity index is 2600. The van der Waals surface area contributed by atoms with Gasteiger partial charge in [0.2, 0.25) is 0 Å². The van der Waals surface area contributed by atoms with Crippen LogP contribution in [0.4, 0.5) is 0 Å². The van der Waals surface area contributed by atoms with Crippen LogP contribution in [0.2, 0.25) is 0 Å². The van der Waals surface area contributed by atoms with E-state index in [0.29, 0.717) is 17.5 Å².